The highest BCUT2D eigenvalue weighted by molar-refractivity contribution is 5.76. The Morgan fingerprint density at radius 2 is 1.50 bits per heavy atom. The van der Waals surface area contributed by atoms with Crippen LogP contribution in [0.5, 0.6) is 0 Å². The number of carboxylic acid groups (broad SMARTS) is 1. The summed E-state index contributed by atoms with van der Waals surface area (Å²) in [7, 11) is 0. The molecule has 0 N–H and O–H groups in total. The van der Waals surface area contributed by atoms with E-state index in [-0.39, 0.29) is 0 Å². The predicted molar refractivity (Wildman–Crippen MR) is 65.8 cm³/mol. The largest absolute Gasteiger partial charge is 0.521 e. The zero-order chi connectivity index (χ0) is 14.8. The molecular formula is C13H21NO4-2. The Hall–Kier alpha value is -1.52. The number of carbonyl (C=O) groups excluding carboxylic acids is 1. The molecule has 0 saturated heterocycles. The van der Waals surface area contributed by atoms with Crippen LogP contribution < -0.4 is 10.2 Å². The minimum absolute atomic E-state index is 0.433. The van der Waals surface area contributed by atoms with Crippen molar-refractivity contribution in [2.45, 2.75) is 47.1 Å². The molecule has 0 aliphatic rings. The van der Waals surface area contributed by atoms with Crippen LogP contribution in [-0.4, -0.2) is 17.8 Å². The van der Waals surface area contributed by atoms with Crippen LogP contribution in [0.15, 0.2) is 17.6 Å². The maximum absolute atomic E-state index is 11.5. The lowest BCUT2D eigenvalue weighted by Crippen LogP contribution is -2.52. The molecule has 18 heavy (non-hydrogen) atoms. The SMILES string of the molecule is C=CC(N=C([O-])OC(=O)[O-])(C(C)(C)C)C(C)(C)C. The zero-order valence-corrected chi connectivity index (χ0v) is 11.9. The third-order valence-corrected chi connectivity index (χ3v) is 3.02. The molecule has 0 heterocycles. The van der Waals surface area contributed by atoms with E-state index in [0.717, 1.165) is 0 Å². The van der Waals surface area contributed by atoms with Gasteiger partial charge in [-0.1, -0.05) is 47.6 Å². The minimum Gasteiger partial charge on any atom is -0.521 e. The van der Waals surface area contributed by atoms with Crippen LogP contribution in [0.1, 0.15) is 41.5 Å². The quantitative estimate of drug-likeness (QED) is 0.320. The smallest absolute Gasteiger partial charge is 0.258 e. The molecule has 0 aliphatic carbocycles. The van der Waals surface area contributed by atoms with Crippen molar-refractivity contribution in [1.82, 2.24) is 0 Å². The van der Waals surface area contributed by atoms with Crippen molar-refractivity contribution in [2.24, 2.45) is 15.8 Å². The lowest BCUT2D eigenvalue weighted by Gasteiger charge is -2.49. The lowest BCUT2D eigenvalue weighted by atomic mass is 9.60. The van der Waals surface area contributed by atoms with Crippen LogP contribution in [0.25, 0.3) is 0 Å². The molecule has 0 radical (unpaired) electrons. The fourth-order valence-corrected chi connectivity index (χ4v) is 2.36. The lowest BCUT2D eigenvalue weighted by molar-refractivity contribution is -0.298. The summed E-state index contributed by atoms with van der Waals surface area (Å²) in [4.78, 5) is 14.2. The van der Waals surface area contributed by atoms with Gasteiger partial charge in [0, 0.05) is 0 Å². The maximum atomic E-state index is 11.5. The van der Waals surface area contributed by atoms with Crippen LogP contribution in [0.2, 0.25) is 0 Å². The zero-order valence-electron chi connectivity index (χ0n) is 11.9. The van der Waals surface area contributed by atoms with Crippen LogP contribution in [0.4, 0.5) is 4.79 Å². The van der Waals surface area contributed by atoms with Crippen molar-refractivity contribution in [1.29, 1.82) is 0 Å². The first-order chi connectivity index (χ1) is 7.87. The molecule has 0 aliphatic heterocycles. The van der Waals surface area contributed by atoms with E-state index in [1.165, 1.54) is 0 Å². The van der Waals surface area contributed by atoms with Crippen LogP contribution in [0, 0.1) is 10.8 Å². The van der Waals surface area contributed by atoms with Gasteiger partial charge in [-0.25, -0.2) is 4.99 Å². The normalized spacial score (nSPS) is 14.2. The Morgan fingerprint density at radius 3 is 1.72 bits per heavy atom. The van der Waals surface area contributed by atoms with Gasteiger partial charge in [0.15, 0.2) is 6.08 Å². The monoisotopic (exact) mass is 255 g/mol. The average molecular weight is 255 g/mol. The molecule has 0 atom stereocenters. The number of aliphatic imine (C=N–C) groups is 1. The van der Waals surface area contributed by atoms with Gasteiger partial charge in [-0.05, 0) is 10.8 Å². The summed E-state index contributed by atoms with van der Waals surface area (Å²) in [6.45, 7) is 15.1. The highest BCUT2D eigenvalue weighted by Crippen LogP contribution is 2.47. The van der Waals surface area contributed by atoms with E-state index in [1.807, 2.05) is 41.5 Å². The van der Waals surface area contributed by atoms with Crippen LogP contribution >= 0.6 is 0 Å². The second kappa shape index (κ2) is 5.00. The van der Waals surface area contributed by atoms with Gasteiger partial charge < -0.3 is 19.7 Å². The summed E-state index contributed by atoms with van der Waals surface area (Å²) in [6.07, 6.45) is -1.53. The molecule has 104 valence electrons. The van der Waals surface area contributed by atoms with Gasteiger partial charge in [-0.3, -0.25) is 0 Å². The number of ether oxygens (including phenoxy) is 1. The Labute approximate surface area is 108 Å². The summed E-state index contributed by atoms with van der Waals surface area (Å²) in [5.74, 6) is 0. The Balaban J connectivity index is 5.78. The molecule has 0 amide bonds. The molecule has 0 aromatic carbocycles. The Morgan fingerprint density at radius 1 is 1.11 bits per heavy atom. The summed E-state index contributed by atoms with van der Waals surface area (Å²) in [6, 6.07) is 0. The van der Waals surface area contributed by atoms with Crippen LogP contribution in [-0.2, 0) is 4.74 Å². The molecule has 0 unspecified atom stereocenters. The van der Waals surface area contributed by atoms with Gasteiger partial charge in [-0.15, -0.1) is 6.58 Å². The van der Waals surface area contributed by atoms with Gasteiger partial charge in [0.05, 0.1) is 5.54 Å². The van der Waals surface area contributed by atoms with E-state index >= 15 is 0 Å². The number of rotatable bonds is 2. The molecule has 0 saturated carbocycles. The first kappa shape index (κ1) is 16.5. The van der Waals surface area contributed by atoms with E-state index in [0.29, 0.717) is 0 Å². The molecule has 0 rings (SSSR count). The number of nitrogens with zero attached hydrogens (tertiary/aromatic N) is 1. The third kappa shape index (κ3) is 3.24. The van der Waals surface area contributed by atoms with Crippen molar-refractivity contribution in [3.8, 4) is 0 Å². The molecular weight excluding hydrogens is 234 g/mol. The molecule has 0 spiro atoms. The Kier molecular flexibility index (Phi) is 4.58. The standard InChI is InChI=1S/C13H23NO4/c1-8-13(11(2,3)4,12(5,6)7)14-9(15)18-10(16)17/h8H,1H2,2-7H3,(H,14,15)(H,16,17)/p-2. The highest BCUT2D eigenvalue weighted by atomic mass is 16.7. The van der Waals surface area contributed by atoms with Crippen LogP contribution in [0.3, 0.4) is 0 Å². The third-order valence-electron chi connectivity index (χ3n) is 3.02. The van der Waals surface area contributed by atoms with Crippen molar-refractivity contribution in [2.75, 3.05) is 0 Å². The van der Waals surface area contributed by atoms with Crippen molar-refractivity contribution < 1.29 is 19.7 Å². The predicted octanol–water partition coefficient (Wildman–Crippen LogP) is 1.08. The topological polar surface area (TPSA) is 84.8 Å². The first-order valence-corrected chi connectivity index (χ1v) is 5.66. The molecule has 5 heteroatoms. The summed E-state index contributed by atoms with van der Waals surface area (Å²) in [5, 5.41) is 21.7. The van der Waals surface area contributed by atoms with E-state index in [2.05, 4.69) is 16.3 Å². The molecule has 0 fully saturated rings. The summed E-state index contributed by atoms with van der Waals surface area (Å²) in [5.41, 5.74) is -1.82. The first-order valence-electron chi connectivity index (χ1n) is 5.66. The van der Waals surface area contributed by atoms with E-state index in [9.17, 15) is 15.0 Å². The fraction of sp³-hybridized carbons (Fsp3) is 0.692. The fourth-order valence-electron chi connectivity index (χ4n) is 2.36. The highest BCUT2D eigenvalue weighted by Gasteiger charge is 2.48. The van der Waals surface area contributed by atoms with Gasteiger partial charge >= 0.3 is 0 Å². The second-order valence-electron chi connectivity index (χ2n) is 6.20. The summed E-state index contributed by atoms with van der Waals surface area (Å²) < 4.78 is 3.95. The van der Waals surface area contributed by atoms with E-state index in [4.69, 9.17) is 0 Å². The maximum Gasteiger partial charge on any atom is 0.258 e. The Bertz CT molecular complexity index is 344. The van der Waals surface area contributed by atoms with Crippen molar-refractivity contribution in [3.05, 3.63) is 12.7 Å². The second-order valence-corrected chi connectivity index (χ2v) is 6.20. The average Bonchev–Trinajstić information content (AvgIpc) is 2.08. The van der Waals surface area contributed by atoms with Gasteiger partial charge in [-0.2, -0.15) is 0 Å². The van der Waals surface area contributed by atoms with E-state index in [1.54, 1.807) is 6.08 Å². The van der Waals surface area contributed by atoms with Gasteiger partial charge in [0.1, 0.15) is 0 Å². The molecule has 0 aromatic rings. The van der Waals surface area contributed by atoms with Gasteiger partial charge in [0.25, 0.3) is 6.16 Å². The number of carbonyl (C=O) groups is 1. The molecule has 0 bridgehead atoms. The van der Waals surface area contributed by atoms with Crippen molar-refractivity contribution >= 4 is 12.2 Å². The minimum atomic E-state index is -1.91. The molecule has 0 aromatic heterocycles. The molecule has 5 nitrogen and oxygen atoms in total. The number of hydrogen-bond acceptors (Lipinski definition) is 5. The number of hydrogen-bond donors (Lipinski definition) is 0. The van der Waals surface area contributed by atoms with E-state index < -0.39 is 28.6 Å². The van der Waals surface area contributed by atoms with Gasteiger partial charge in [0.2, 0.25) is 0 Å². The van der Waals surface area contributed by atoms with Crippen molar-refractivity contribution in [3.63, 3.8) is 0 Å². The summed E-state index contributed by atoms with van der Waals surface area (Å²) >= 11 is 0.